The molecule has 0 saturated carbocycles. The summed E-state index contributed by atoms with van der Waals surface area (Å²) in [5, 5.41) is 14.0. The van der Waals surface area contributed by atoms with Crippen LogP contribution in [0.1, 0.15) is 5.56 Å². The molecule has 0 saturated heterocycles. The van der Waals surface area contributed by atoms with Crippen LogP contribution in [0.25, 0.3) is 9.88 Å². The number of nitrogens with one attached hydrogen (secondary N) is 1. The molecular formula is C15H13N3O2S2. The van der Waals surface area contributed by atoms with Crippen LogP contribution < -0.4 is 10.1 Å². The van der Waals surface area contributed by atoms with Crippen molar-refractivity contribution in [2.24, 2.45) is 0 Å². The van der Waals surface area contributed by atoms with E-state index in [4.69, 9.17) is 4.74 Å². The van der Waals surface area contributed by atoms with E-state index in [1.807, 2.05) is 48.7 Å². The minimum Gasteiger partial charge on any atom is -0.484 e. The summed E-state index contributed by atoms with van der Waals surface area (Å²) in [4.78, 5) is 12.9. The Hall–Kier alpha value is -2.25. The second kappa shape index (κ2) is 6.67. The minimum atomic E-state index is -0.255. The quantitative estimate of drug-likeness (QED) is 0.776. The summed E-state index contributed by atoms with van der Waals surface area (Å²) < 4.78 is 5.42. The van der Waals surface area contributed by atoms with Crippen LogP contribution in [0.3, 0.4) is 0 Å². The van der Waals surface area contributed by atoms with Gasteiger partial charge in [-0.25, -0.2) is 0 Å². The van der Waals surface area contributed by atoms with Gasteiger partial charge in [-0.15, -0.1) is 21.5 Å². The van der Waals surface area contributed by atoms with E-state index in [9.17, 15) is 4.79 Å². The highest BCUT2D eigenvalue weighted by molar-refractivity contribution is 7.23. The number of ether oxygens (including phenoxy) is 1. The average molecular weight is 331 g/mol. The SMILES string of the molecule is Cc1ccc(OCC(=O)Nc2nnc(-c3cccs3)s2)cc1. The van der Waals surface area contributed by atoms with Crippen LogP contribution in [0.4, 0.5) is 5.13 Å². The minimum absolute atomic E-state index is 0.0586. The normalized spacial score (nSPS) is 10.4. The Morgan fingerprint density at radius 3 is 2.77 bits per heavy atom. The predicted octanol–water partition coefficient (Wildman–Crippen LogP) is 3.59. The number of rotatable bonds is 5. The second-order valence-corrected chi connectivity index (χ2v) is 6.46. The van der Waals surface area contributed by atoms with Crippen LogP contribution in [-0.2, 0) is 4.79 Å². The monoisotopic (exact) mass is 331 g/mol. The van der Waals surface area contributed by atoms with Gasteiger partial charge < -0.3 is 4.74 Å². The summed E-state index contributed by atoms with van der Waals surface area (Å²) in [6.45, 7) is 1.94. The molecule has 0 aliphatic carbocycles. The van der Waals surface area contributed by atoms with Gasteiger partial charge in [0.2, 0.25) is 5.13 Å². The second-order valence-electron chi connectivity index (χ2n) is 4.54. The number of benzene rings is 1. The zero-order valence-corrected chi connectivity index (χ0v) is 13.4. The fourth-order valence-electron chi connectivity index (χ4n) is 1.71. The molecule has 0 bridgehead atoms. The molecule has 1 amide bonds. The molecule has 5 nitrogen and oxygen atoms in total. The Kier molecular flexibility index (Phi) is 4.45. The lowest BCUT2D eigenvalue weighted by Gasteiger charge is -2.05. The Labute approximate surface area is 135 Å². The van der Waals surface area contributed by atoms with E-state index in [0.717, 1.165) is 15.4 Å². The average Bonchev–Trinajstić information content (AvgIpc) is 3.17. The number of carbonyl (C=O) groups is 1. The molecule has 1 aromatic carbocycles. The highest BCUT2D eigenvalue weighted by Gasteiger charge is 2.10. The predicted molar refractivity (Wildman–Crippen MR) is 88.5 cm³/mol. The Bertz CT molecular complexity index is 751. The summed E-state index contributed by atoms with van der Waals surface area (Å²) in [6.07, 6.45) is 0. The van der Waals surface area contributed by atoms with Crippen LogP contribution in [0.5, 0.6) is 5.75 Å². The first-order valence-electron chi connectivity index (χ1n) is 6.57. The summed E-state index contributed by atoms with van der Waals surface area (Å²) in [7, 11) is 0. The number of carbonyl (C=O) groups excluding carboxylic acids is 1. The molecule has 0 unspecified atom stereocenters. The van der Waals surface area contributed by atoms with Crippen molar-refractivity contribution in [3.63, 3.8) is 0 Å². The van der Waals surface area contributed by atoms with Gasteiger partial charge in [0, 0.05) is 0 Å². The molecular weight excluding hydrogens is 318 g/mol. The molecule has 0 radical (unpaired) electrons. The lowest BCUT2D eigenvalue weighted by Crippen LogP contribution is -2.20. The molecule has 0 aliphatic heterocycles. The largest absolute Gasteiger partial charge is 0.484 e. The smallest absolute Gasteiger partial charge is 0.264 e. The molecule has 2 heterocycles. The zero-order valence-electron chi connectivity index (χ0n) is 11.8. The molecule has 0 aliphatic rings. The Morgan fingerprint density at radius 2 is 2.05 bits per heavy atom. The first-order chi connectivity index (χ1) is 10.7. The van der Waals surface area contributed by atoms with Crippen LogP contribution in [-0.4, -0.2) is 22.7 Å². The standard InChI is InChI=1S/C15H13N3O2S2/c1-10-4-6-11(7-5-10)20-9-13(19)16-15-18-17-14(22-15)12-3-2-8-21-12/h2-8H,9H2,1H3,(H,16,18,19). The zero-order chi connectivity index (χ0) is 15.4. The molecule has 0 atom stereocenters. The third-order valence-corrected chi connectivity index (χ3v) is 4.67. The maximum Gasteiger partial charge on any atom is 0.264 e. The van der Waals surface area contributed by atoms with E-state index in [0.29, 0.717) is 10.9 Å². The van der Waals surface area contributed by atoms with Crippen LogP contribution in [0.2, 0.25) is 0 Å². The summed E-state index contributed by atoms with van der Waals surface area (Å²) in [6, 6.07) is 11.5. The van der Waals surface area contributed by atoms with Crippen LogP contribution in [0, 0.1) is 6.92 Å². The third-order valence-electron chi connectivity index (χ3n) is 2.79. The van der Waals surface area contributed by atoms with Gasteiger partial charge in [-0.3, -0.25) is 10.1 Å². The molecule has 2 aromatic heterocycles. The van der Waals surface area contributed by atoms with E-state index in [1.165, 1.54) is 11.3 Å². The van der Waals surface area contributed by atoms with Crippen molar-refractivity contribution in [2.45, 2.75) is 6.92 Å². The number of nitrogens with zero attached hydrogens (tertiary/aromatic N) is 2. The topological polar surface area (TPSA) is 64.1 Å². The first kappa shape index (κ1) is 14.7. The summed E-state index contributed by atoms with van der Waals surface area (Å²) in [5.74, 6) is 0.409. The van der Waals surface area contributed by atoms with E-state index in [-0.39, 0.29) is 12.5 Å². The van der Waals surface area contributed by atoms with Gasteiger partial charge in [-0.1, -0.05) is 35.1 Å². The number of hydrogen-bond donors (Lipinski definition) is 1. The summed E-state index contributed by atoms with van der Waals surface area (Å²) in [5.41, 5.74) is 1.15. The Morgan fingerprint density at radius 1 is 1.23 bits per heavy atom. The van der Waals surface area contributed by atoms with E-state index in [1.54, 1.807) is 11.3 Å². The maximum absolute atomic E-state index is 11.9. The fourth-order valence-corrected chi connectivity index (χ4v) is 3.26. The van der Waals surface area contributed by atoms with Crippen molar-refractivity contribution in [3.8, 4) is 15.6 Å². The number of amides is 1. The van der Waals surface area contributed by atoms with Gasteiger partial charge in [-0.05, 0) is 30.5 Å². The van der Waals surface area contributed by atoms with E-state index < -0.39 is 0 Å². The van der Waals surface area contributed by atoms with Crippen molar-refractivity contribution in [3.05, 3.63) is 47.3 Å². The molecule has 3 rings (SSSR count). The highest BCUT2D eigenvalue weighted by atomic mass is 32.1. The number of aryl methyl sites for hydroxylation is 1. The summed E-state index contributed by atoms with van der Waals surface area (Å²) >= 11 is 2.93. The fraction of sp³-hybridized carbons (Fsp3) is 0.133. The molecule has 112 valence electrons. The molecule has 0 spiro atoms. The van der Waals surface area contributed by atoms with Gasteiger partial charge in [0.15, 0.2) is 11.6 Å². The van der Waals surface area contributed by atoms with Crippen molar-refractivity contribution in [1.29, 1.82) is 0 Å². The number of anilines is 1. The molecule has 7 heteroatoms. The van der Waals surface area contributed by atoms with Crippen LogP contribution >= 0.6 is 22.7 Å². The van der Waals surface area contributed by atoms with Crippen molar-refractivity contribution in [2.75, 3.05) is 11.9 Å². The maximum atomic E-state index is 11.9. The molecule has 1 N–H and O–H groups in total. The Balaban J connectivity index is 1.54. The van der Waals surface area contributed by atoms with Gasteiger partial charge in [0.25, 0.3) is 5.91 Å². The van der Waals surface area contributed by atoms with Gasteiger partial charge in [0.1, 0.15) is 5.75 Å². The lowest BCUT2D eigenvalue weighted by molar-refractivity contribution is -0.118. The highest BCUT2D eigenvalue weighted by Crippen LogP contribution is 2.29. The third kappa shape index (κ3) is 3.69. The van der Waals surface area contributed by atoms with E-state index in [2.05, 4.69) is 15.5 Å². The van der Waals surface area contributed by atoms with Crippen LogP contribution in [0.15, 0.2) is 41.8 Å². The number of hydrogen-bond acceptors (Lipinski definition) is 6. The van der Waals surface area contributed by atoms with Crippen molar-refractivity contribution >= 4 is 33.7 Å². The molecule has 22 heavy (non-hydrogen) atoms. The number of aromatic nitrogens is 2. The molecule has 3 aromatic rings. The van der Waals surface area contributed by atoms with Crippen molar-refractivity contribution < 1.29 is 9.53 Å². The van der Waals surface area contributed by atoms with Crippen molar-refractivity contribution in [1.82, 2.24) is 10.2 Å². The first-order valence-corrected chi connectivity index (χ1v) is 8.27. The molecule has 0 fully saturated rings. The lowest BCUT2D eigenvalue weighted by atomic mass is 10.2. The van der Waals surface area contributed by atoms with E-state index >= 15 is 0 Å². The number of thiophene rings is 1. The van der Waals surface area contributed by atoms with Gasteiger partial charge in [0.05, 0.1) is 4.88 Å². The van der Waals surface area contributed by atoms with Gasteiger partial charge >= 0.3 is 0 Å². The van der Waals surface area contributed by atoms with Gasteiger partial charge in [-0.2, -0.15) is 0 Å².